The van der Waals surface area contributed by atoms with E-state index in [9.17, 15) is 4.79 Å². The molecule has 5 heteroatoms. The van der Waals surface area contributed by atoms with Crippen LogP contribution in [-0.4, -0.2) is 26.3 Å². The SMILES string of the molecule is O=Cc1nnn(Cc2cccc3ccccc23)c1-c1ccncc1. The first-order chi connectivity index (χ1) is 11.9. The van der Waals surface area contributed by atoms with Crippen molar-refractivity contribution in [2.24, 2.45) is 0 Å². The summed E-state index contributed by atoms with van der Waals surface area (Å²) in [5, 5.41) is 10.5. The number of aldehydes is 1. The maximum absolute atomic E-state index is 11.3. The number of carbonyl (C=O) groups is 1. The second kappa shape index (κ2) is 6.04. The molecule has 0 aliphatic carbocycles. The summed E-state index contributed by atoms with van der Waals surface area (Å²) in [7, 11) is 0. The van der Waals surface area contributed by atoms with Crippen LogP contribution in [0.25, 0.3) is 22.0 Å². The smallest absolute Gasteiger partial charge is 0.172 e. The number of fused-ring (bicyclic) bond motifs is 1. The third-order valence-electron chi connectivity index (χ3n) is 4.03. The summed E-state index contributed by atoms with van der Waals surface area (Å²) in [4.78, 5) is 15.4. The van der Waals surface area contributed by atoms with E-state index in [1.165, 1.54) is 10.8 Å². The molecule has 0 N–H and O–H groups in total. The molecule has 2 aromatic heterocycles. The van der Waals surface area contributed by atoms with Gasteiger partial charge in [0.15, 0.2) is 12.0 Å². The van der Waals surface area contributed by atoms with Crippen LogP contribution in [0, 0.1) is 0 Å². The lowest BCUT2D eigenvalue weighted by molar-refractivity contribution is 0.111. The first-order valence-electron chi connectivity index (χ1n) is 7.62. The van der Waals surface area contributed by atoms with Crippen molar-refractivity contribution in [3.8, 4) is 11.3 Å². The van der Waals surface area contributed by atoms with Crippen LogP contribution in [0.2, 0.25) is 0 Å². The van der Waals surface area contributed by atoms with Crippen LogP contribution in [-0.2, 0) is 6.54 Å². The number of hydrogen-bond acceptors (Lipinski definition) is 4. The number of hydrogen-bond donors (Lipinski definition) is 0. The predicted octanol–water partition coefficient (Wildman–Crippen LogP) is 3.35. The highest BCUT2D eigenvalue weighted by Gasteiger charge is 2.15. The Bertz CT molecular complexity index is 1000. The highest BCUT2D eigenvalue weighted by molar-refractivity contribution is 5.86. The molecule has 0 saturated heterocycles. The zero-order valence-electron chi connectivity index (χ0n) is 12.8. The normalized spacial score (nSPS) is 10.8. The highest BCUT2D eigenvalue weighted by Crippen LogP contribution is 2.24. The molecule has 4 aromatic rings. The molecule has 0 aliphatic rings. The summed E-state index contributed by atoms with van der Waals surface area (Å²) >= 11 is 0. The molecule has 0 amide bonds. The van der Waals surface area contributed by atoms with E-state index in [2.05, 4.69) is 39.6 Å². The molecule has 2 heterocycles. The Morgan fingerprint density at radius 2 is 1.75 bits per heavy atom. The second-order valence-electron chi connectivity index (χ2n) is 5.47. The molecule has 0 unspecified atom stereocenters. The van der Waals surface area contributed by atoms with E-state index >= 15 is 0 Å². The average molecular weight is 314 g/mol. The summed E-state index contributed by atoms with van der Waals surface area (Å²) in [6.07, 6.45) is 4.13. The Kier molecular flexibility index (Phi) is 3.59. The van der Waals surface area contributed by atoms with Crippen molar-refractivity contribution in [1.29, 1.82) is 0 Å². The van der Waals surface area contributed by atoms with Gasteiger partial charge in [-0.25, -0.2) is 4.68 Å². The minimum Gasteiger partial charge on any atom is -0.296 e. The topological polar surface area (TPSA) is 60.7 Å². The third-order valence-corrected chi connectivity index (χ3v) is 4.03. The Labute approximate surface area is 138 Å². The van der Waals surface area contributed by atoms with Crippen LogP contribution in [0.1, 0.15) is 16.1 Å². The largest absolute Gasteiger partial charge is 0.296 e. The summed E-state index contributed by atoms with van der Waals surface area (Å²) in [5.74, 6) is 0. The van der Waals surface area contributed by atoms with E-state index in [0.29, 0.717) is 17.9 Å². The maximum atomic E-state index is 11.3. The highest BCUT2D eigenvalue weighted by atomic mass is 16.1. The van der Waals surface area contributed by atoms with Gasteiger partial charge < -0.3 is 0 Å². The Balaban J connectivity index is 1.83. The van der Waals surface area contributed by atoms with Crippen molar-refractivity contribution in [1.82, 2.24) is 20.0 Å². The van der Waals surface area contributed by atoms with Gasteiger partial charge in [0.25, 0.3) is 0 Å². The lowest BCUT2D eigenvalue weighted by Crippen LogP contribution is -2.05. The van der Waals surface area contributed by atoms with Crippen molar-refractivity contribution >= 4 is 17.1 Å². The number of aromatic nitrogens is 4. The van der Waals surface area contributed by atoms with Gasteiger partial charge in [-0.1, -0.05) is 47.7 Å². The molecular weight excluding hydrogens is 300 g/mol. The Morgan fingerprint density at radius 3 is 2.58 bits per heavy atom. The van der Waals surface area contributed by atoms with Gasteiger partial charge in [0.05, 0.1) is 12.2 Å². The quantitative estimate of drug-likeness (QED) is 0.542. The fourth-order valence-electron chi connectivity index (χ4n) is 2.91. The molecule has 0 atom stereocenters. The number of benzene rings is 2. The zero-order chi connectivity index (χ0) is 16.4. The van der Waals surface area contributed by atoms with Crippen LogP contribution < -0.4 is 0 Å². The van der Waals surface area contributed by atoms with E-state index in [-0.39, 0.29) is 0 Å². The molecule has 0 aliphatic heterocycles. The fraction of sp³-hybridized carbons (Fsp3) is 0.0526. The molecule has 24 heavy (non-hydrogen) atoms. The Morgan fingerprint density at radius 1 is 0.958 bits per heavy atom. The fourth-order valence-corrected chi connectivity index (χ4v) is 2.91. The van der Waals surface area contributed by atoms with Crippen molar-refractivity contribution in [2.75, 3.05) is 0 Å². The molecule has 0 spiro atoms. The van der Waals surface area contributed by atoms with Gasteiger partial charge >= 0.3 is 0 Å². The minimum atomic E-state index is 0.335. The zero-order valence-corrected chi connectivity index (χ0v) is 12.8. The van der Waals surface area contributed by atoms with Gasteiger partial charge in [-0.2, -0.15) is 0 Å². The monoisotopic (exact) mass is 314 g/mol. The van der Waals surface area contributed by atoms with Crippen LogP contribution in [0.15, 0.2) is 67.0 Å². The number of pyridine rings is 1. The van der Waals surface area contributed by atoms with E-state index in [4.69, 9.17) is 0 Å². The molecule has 2 aromatic carbocycles. The van der Waals surface area contributed by atoms with E-state index in [0.717, 1.165) is 17.4 Å². The van der Waals surface area contributed by atoms with Gasteiger partial charge in [-0.05, 0) is 28.5 Å². The van der Waals surface area contributed by atoms with Crippen LogP contribution >= 0.6 is 0 Å². The lowest BCUT2D eigenvalue weighted by atomic mass is 10.0. The van der Waals surface area contributed by atoms with E-state index in [1.807, 2.05) is 30.3 Å². The standard InChI is InChI=1S/C19H14N4O/c24-13-18-19(15-8-10-20-11-9-15)23(22-21-18)12-16-6-3-5-14-4-1-2-7-17(14)16/h1-11,13H,12H2. The van der Waals surface area contributed by atoms with Gasteiger partial charge in [-0.15, -0.1) is 5.10 Å². The molecule has 4 rings (SSSR count). The molecule has 0 bridgehead atoms. The van der Waals surface area contributed by atoms with Crippen molar-refractivity contribution in [3.05, 3.63) is 78.2 Å². The second-order valence-corrected chi connectivity index (χ2v) is 5.47. The lowest BCUT2D eigenvalue weighted by Gasteiger charge is -2.09. The first kappa shape index (κ1) is 14.3. The van der Waals surface area contributed by atoms with Crippen molar-refractivity contribution < 1.29 is 4.79 Å². The maximum Gasteiger partial charge on any atom is 0.172 e. The summed E-state index contributed by atoms with van der Waals surface area (Å²) in [6, 6.07) is 18.1. The predicted molar refractivity (Wildman–Crippen MR) is 91.7 cm³/mol. The molecular formula is C19H14N4O. The molecule has 0 radical (unpaired) electrons. The van der Waals surface area contributed by atoms with Gasteiger partial charge in [0, 0.05) is 18.0 Å². The van der Waals surface area contributed by atoms with Crippen molar-refractivity contribution in [2.45, 2.75) is 6.54 Å². The van der Waals surface area contributed by atoms with E-state index in [1.54, 1.807) is 17.1 Å². The van der Waals surface area contributed by atoms with Crippen LogP contribution in [0.3, 0.4) is 0 Å². The van der Waals surface area contributed by atoms with E-state index < -0.39 is 0 Å². The Hall–Kier alpha value is -3.34. The molecule has 0 saturated carbocycles. The molecule has 116 valence electrons. The summed E-state index contributed by atoms with van der Waals surface area (Å²) < 4.78 is 1.76. The average Bonchev–Trinajstić information content (AvgIpc) is 3.05. The third kappa shape index (κ3) is 2.46. The molecule has 5 nitrogen and oxygen atoms in total. The van der Waals surface area contributed by atoms with Crippen molar-refractivity contribution in [3.63, 3.8) is 0 Å². The number of carbonyl (C=O) groups excluding carboxylic acids is 1. The summed E-state index contributed by atoms with van der Waals surface area (Å²) in [5.41, 5.74) is 3.05. The van der Waals surface area contributed by atoms with Crippen LogP contribution in [0.4, 0.5) is 0 Å². The number of nitrogens with zero attached hydrogens (tertiary/aromatic N) is 4. The molecule has 0 fully saturated rings. The summed E-state index contributed by atoms with van der Waals surface area (Å²) in [6.45, 7) is 0.542. The van der Waals surface area contributed by atoms with Crippen LogP contribution in [0.5, 0.6) is 0 Å². The van der Waals surface area contributed by atoms with Gasteiger partial charge in [0.1, 0.15) is 0 Å². The first-order valence-corrected chi connectivity index (χ1v) is 7.62. The minimum absolute atomic E-state index is 0.335. The number of rotatable bonds is 4. The van der Waals surface area contributed by atoms with Gasteiger partial charge in [-0.3, -0.25) is 9.78 Å². The van der Waals surface area contributed by atoms with Gasteiger partial charge in [0.2, 0.25) is 0 Å².